The first-order chi connectivity index (χ1) is 10.1. The van der Waals surface area contributed by atoms with Crippen molar-refractivity contribution in [1.29, 1.82) is 0 Å². The third-order valence-corrected chi connectivity index (χ3v) is 7.47. The summed E-state index contributed by atoms with van der Waals surface area (Å²) in [7, 11) is -1.02. The topological polar surface area (TPSA) is 0 Å². The van der Waals surface area contributed by atoms with E-state index >= 15 is 0 Å². The van der Waals surface area contributed by atoms with E-state index in [0.29, 0.717) is 0 Å². The van der Waals surface area contributed by atoms with Gasteiger partial charge in [-0.2, -0.15) is 0 Å². The zero-order valence-corrected chi connectivity index (χ0v) is 16.4. The van der Waals surface area contributed by atoms with Gasteiger partial charge in [-0.1, -0.05) is 116 Å². The second kappa shape index (κ2) is 14.9. The molecule has 1 heteroatoms. The largest absolute Gasteiger partial charge is 0.107 e. The first-order valence-corrected chi connectivity index (χ1v) is 13.0. The van der Waals surface area contributed by atoms with Crippen molar-refractivity contribution in [2.75, 3.05) is 0 Å². The van der Waals surface area contributed by atoms with Crippen LogP contribution in [0.1, 0.15) is 96.8 Å². The fraction of sp³-hybridized carbons (Fsp3) is 0.900. The lowest BCUT2D eigenvalue weighted by molar-refractivity contribution is 0.538. The molecular formula is C20H42Si. The van der Waals surface area contributed by atoms with Crippen LogP contribution < -0.4 is 0 Å². The fourth-order valence-corrected chi connectivity index (χ4v) is 4.24. The van der Waals surface area contributed by atoms with Crippen molar-refractivity contribution in [3.8, 4) is 0 Å². The molecule has 0 fully saturated rings. The zero-order valence-electron chi connectivity index (χ0n) is 15.4. The third kappa shape index (κ3) is 16.2. The first-order valence-electron chi connectivity index (χ1n) is 9.76. The first kappa shape index (κ1) is 21.0. The van der Waals surface area contributed by atoms with Crippen LogP contribution in [0.15, 0.2) is 12.3 Å². The van der Waals surface area contributed by atoms with Gasteiger partial charge in [0.2, 0.25) is 0 Å². The van der Waals surface area contributed by atoms with E-state index < -0.39 is 8.07 Å². The number of unbranched alkanes of at least 4 members (excludes halogenated alkanes) is 13. The van der Waals surface area contributed by atoms with Crippen molar-refractivity contribution in [1.82, 2.24) is 0 Å². The minimum Gasteiger partial charge on any atom is -0.107 e. The molecule has 126 valence electrons. The van der Waals surface area contributed by atoms with Gasteiger partial charge >= 0.3 is 0 Å². The van der Waals surface area contributed by atoms with Gasteiger partial charge in [0.1, 0.15) is 0 Å². The Morgan fingerprint density at radius 1 is 0.619 bits per heavy atom. The van der Waals surface area contributed by atoms with Gasteiger partial charge in [-0.25, -0.2) is 0 Å². The summed E-state index contributed by atoms with van der Waals surface area (Å²) in [6, 6.07) is 1.44. The Balaban J connectivity index is 3.08. The Bertz CT molecular complexity index is 220. The Morgan fingerprint density at radius 3 is 1.29 bits per heavy atom. The van der Waals surface area contributed by atoms with Crippen molar-refractivity contribution in [2.45, 2.75) is 116 Å². The minimum absolute atomic E-state index is 1.02. The van der Waals surface area contributed by atoms with Crippen molar-refractivity contribution in [3.05, 3.63) is 12.3 Å². The van der Waals surface area contributed by atoms with E-state index in [4.69, 9.17) is 0 Å². The van der Waals surface area contributed by atoms with E-state index in [1.807, 2.05) is 0 Å². The summed E-state index contributed by atoms with van der Waals surface area (Å²) >= 11 is 0. The number of rotatable bonds is 16. The molecule has 0 radical (unpaired) electrons. The van der Waals surface area contributed by atoms with Crippen molar-refractivity contribution in [2.24, 2.45) is 0 Å². The molecule has 0 spiro atoms. The van der Waals surface area contributed by atoms with Crippen LogP contribution in [0.3, 0.4) is 0 Å². The molecule has 0 bridgehead atoms. The molecule has 0 aliphatic rings. The molecule has 0 aromatic heterocycles. The molecule has 0 aliphatic heterocycles. The van der Waals surface area contributed by atoms with Crippen LogP contribution in [0, 0.1) is 0 Å². The summed E-state index contributed by atoms with van der Waals surface area (Å²) in [6.45, 7) is 11.1. The third-order valence-electron chi connectivity index (χ3n) is 4.73. The molecular weight excluding hydrogens is 268 g/mol. The Kier molecular flexibility index (Phi) is 14.8. The van der Waals surface area contributed by atoms with Crippen LogP contribution in [0.4, 0.5) is 0 Å². The van der Waals surface area contributed by atoms with Crippen molar-refractivity contribution >= 4 is 8.07 Å². The highest BCUT2D eigenvalue weighted by Gasteiger charge is 2.14. The van der Waals surface area contributed by atoms with Crippen molar-refractivity contribution < 1.29 is 0 Å². The van der Waals surface area contributed by atoms with Gasteiger partial charge in [0, 0.05) is 0 Å². The predicted molar refractivity (Wildman–Crippen MR) is 103 cm³/mol. The second-order valence-corrected chi connectivity index (χ2v) is 12.4. The summed E-state index contributed by atoms with van der Waals surface area (Å²) < 4.78 is 0. The Morgan fingerprint density at radius 2 is 0.952 bits per heavy atom. The molecule has 0 nitrogen and oxygen atoms in total. The highest BCUT2D eigenvalue weighted by Crippen LogP contribution is 2.17. The molecule has 0 aliphatic carbocycles. The van der Waals surface area contributed by atoms with Gasteiger partial charge in [0.25, 0.3) is 0 Å². The molecule has 0 atom stereocenters. The summed E-state index contributed by atoms with van der Waals surface area (Å²) in [5.41, 5.74) is 2.25. The van der Waals surface area contributed by atoms with Crippen LogP contribution in [0.5, 0.6) is 0 Å². The minimum atomic E-state index is -1.02. The van der Waals surface area contributed by atoms with Crippen LogP contribution in [0.25, 0.3) is 0 Å². The SMILES string of the molecule is C=C[Si](C)(C)CCCCCCCCCCCCCCCC. The van der Waals surface area contributed by atoms with E-state index in [0.717, 1.165) is 0 Å². The fourth-order valence-electron chi connectivity index (χ4n) is 2.88. The van der Waals surface area contributed by atoms with E-state index in [9.17, 15) is 0 Å². The average molecular weight is 311 g/mol. The molecule has 0 heterocycles. The maximum Gasteiger partial charge on any atom is 0.0709 e. The average Bonchev–Trinajstić information content (AvgIpc) is 2.47. The Hall–Kier alpha value is -0.0431. The normalized spacial score (nSPS) is 11.8. The molecule has 0 aromatic carbocycles. The van der Waals surface area contributed by atoms with Gasteiger partial charge in [0.15, 0.2) is 0 Å². The molecule has 21 heavy (non-hydrogen) atoms. The maximum atomic E-state index is 3.98. The predicted octanol–water partition coefficient (Wildman–Crippen LogP) is 7.90. The monoisotopic (exact) mass is 310 g/mol. The highest BCUT2D eigenvalue weighted by molar-refractivity contribution is 6.82. The second-order valence-electron chi connectivity index (χ2n) is 7.54. The van der Waals surface area contributed by atoms with Gasteiger partial charge in [-0.15, -0.1) is 12.3 Å². The zero-order chi connectivity index (χ0) is 15.8. The smallest absolute Gasteiger partial charge is 0.0709 e. The van der Waals surface area contributed by atoms with E-state index in [-0.39, 0.29) is 0 Å². The number of hydrogen-bond donors (Lipinski definition) is 0. The van der Waals surface area contributed by atoms with Crippen LogP contribution in [-0.2, 0) is 0 Å². The molecule has 0 saturated heterocycles. The van der Waals surface area contributed by atoms with E-state index in [2.05, 4.69) is 32.3 Å². The van der Waals surface area contributed by atoms with E-state index in [1.165, 1.54) is 95.9 Å². The summed E-state index contributed by atoms with van der Waals surface area (Å²) in [4.78, 5) is 0. The van der Waals surface area contributed by atoms with Crippen LogP contribution >= 0.6 is 0 Å². The lowest BCUT2D eigenvalue weighted by Crippen LogP contribution is -2.21. The Labute approximate surface area is 136 Å². The van der Waals surface area contributed by atoms with Gasteiger partial charge in [-0.05, 0) is 0 Å². The standard InChI is InChI=1S/C20H42Si/c1-5-7-8-9-10-11-12-13-14-15-16-17-18-19-20-21(3,4)6-2/h6H,2,5,7-20H2,1,3-4H3. The molecule has 0 N–H and O–H groups in total. The van der Waals surface area contributed by atoms with Crippen LogP contribution in [0.2, 0.25) is 19.1 Å². The van der Waals surface area contributed by atoms with E-state index in [1.54, 1.807) is 0 Å². The molecule has 0 saturated carbocycles. The number of hydrogen-bond acceptors (Lipinski definition) is 0. The molecule has 0 unspecified atom stereocenters. The molecule has 0 amide bonds. The lowest BCUT2D eigenvalue weighted by atomic mass is 10.0. The molecule has 0 rings (SSSR count). The quantitative estimate of drug-likeness (QED) is 0.201. The molecule has 0 aromatic rings. The maximum absolute atomic E-state index is 3.98. The summed E-state index contributed by atoms with van der Waals surface area (Å²) in [5.74, 6) is 0. The highest BCUT2D eigenvalue weighted by atomic mass is 28.3. The summed E-state index contributed by atoms with van der Waals surface area (Å²) in [6.07, 6.45) is 20.4. The van der Waals surface area contributed by atoms with Crippen LogP contribution in [-0.4, -0.2) is 8.07 Å². The van der Waals surface area contributed by atoms with Crippen molar-refractivity contribution in [3.63, 3.8) is 0 Å². The summed E-state index contributed by atoms with van der Waals surface area (Å²) in [5, 5.41) is 0. The van der Waals surface area contributed by atoms with Gasteiger partial charge in [-0.3, -0.25) is 0 Å². The van der Waals surface area contributed by atoms with Gasteiger partial charge < -0.3 is 0 Å². The lowest BCUT2D eigenvalue weighted by Gasteiger charge is -2.16. The van der Waals surface area contributed by atoms with Gasteiger partial charge in [0.05, 0.1) is 8.07 Å².